The van der Waals surface area contributed by atoms with E-state index in [2.05, 4.69) is 27.3 Å². The molecule has 2 rings (SSSR count). The van der Waals surface area contributed by atoms with Crippen LogP contribution in [0.15, 0.2) is 18.2 Å². The number of hydrogen-bond donors (Lipinski definition) is 3. The number of carbonyl (C=O) groups excluding carboxylic acids is 1. The maximum atomic E-state index is 11.4. The Balaban J connectivity index is 2.08. The maximum absolute atomic E-state index is 11.4. The van der Waals surface area contributed by atoms with Gasteiger partial charge in [0.25, 0.3) is 4.92 Å². The number of methoxy groups -OCH3 is 1. The molecule has 1 amide bonds. The number of benzene rings is 1. The molecular formula is C15H23N4O4+. The van der Waals surface area contributed by atoms with Gasteiger partial charge in [-0.25, -0.2) is 10.0 Å². The van der Waals surface area contributed by atoms with Gasteiger partial charge in [0.2, 0.25) is 0 Å². The summed E-state index contributed by atoms with van der Waals surface area (Å²) >= 11 is 0. The van der Waals surface area contributed by atoms with Gasteiger partial charge >= 0.3 is 11.8 Å². The van der Waals surface area contributed by atoms with Gasteiger partial charge in [-0.05, 0) is 38.6 Å². The molecule has 1 aromatic rings. The van der Waals surface area contributed by atoms with Crippen molar-refractivity contribution >= 4 is 23.2 Å². The Morgan fingerprint density at radius 1 is 1.48 bits per heavy atom. The number of nitrogens with zero attached hydrogens (tertiary/aromatic N) is 2. The number of nitrogens with one attached hydrogen (secondary N) is 2. The fourth-order valence-electron chi connectivity index (χ4n) is 2.72. The Morgan fingerprint density at radius 2 is 2.26 bits per heavy atom. The zero-order valence-electron chi connectivity index (χ0n) is 13.4. The van der Waals surface area contributed by atoms with E-state index in [0.29, 0.717) is 24.0 Å². The van der Waals surface area contributed by atoms with E-state index in [4.69, 9.17) is 0 Å². The number of piperidine rings is 1. The van der Waals surface area contributed by atoms with Gasteiger partial charge in [-0.15, -0.1) is 0 Å². The predicted molar refractivity (Wildman–Crippen MR) is 86.3 cm³/mol. The average molecular weight is 323 g/mol. The second-order valence-corrected chi connectivity index (χ2v) is 5.63. The number of carbonyl (C=O) groups is 1. The van der Waals surface area contributed by atoms with E-state index in [1.807, 2.05) is 0 Å². The van der Waals surface area contributed by atoms with Crippen LogP contribution in [0.3, 0.4) is 0 Å². The largest absolute Gasteiger partial charge is 0.453 e. The van der Waals surface area contributed by atoms with Crippen molar-refractivity contribution in [2.24, 2.45) is 0 Å². The van der Waals surface area contributed by atoms with Gasteiger partial charge in [0.1, 0.15) is 5.69 Å². The van der Waals surface area contributed by atoms with Gasteiger partial charge in [0.15, 0.2) is 0 Å². The number of anilines is 2. The van der Waals surface area contributed by atoms with Crippen molar-refractivity contribution in [2.45, 2.75) is 25.3 Å². The number of hydrogen-bond acceptors (Lipinski definition) is 5. The van der Waals surface area contributed by atoms with Crippen LogP contribution in [0.4, 0.5) is 21.9 Å². The van der Waals surface area contributed by atoms with Crippen molar-refractivity contribution in [3.05, 3.63) is 23.1 Å². The summed E-state index contributed by atoms with van der Waals surface area (Å²) in [4.78, 5) is 24.6. The Hall–Kier alpha value is -2.35. The normalized spacial score (nSPS) is 18.3. The van der Waals surface area contributed by atoms with Crippen LogP contribution in [0.2, 0.25) is 0 Å². The third-order valence-corrected chi connectivity index (χ3v) is 4.09. The molecule has 0 spiro atoms. The van der Waals surface area contributed by atoms with E-state index < -0.39 is 6.09 Å². The minimum absolute atomic E-state index is 0.0392. The first-order valence-corrected chi connectivity index (χ1v) is 7.60. The molecule has 0 bridgehead atoms. The quantitative estimate of drug-likeness (QED) is 0.721. The van der Waals surface area contributed by atoms with Gasteiger partial charge in [-0.1, -0.05) is 6.42 Å². The van der Waals surface area contributed by atoms with Gasteiger partial charge < -0.3 is 15.0 Å². The van der Waals surface area contributed by atoms with E-state index >= 15 is 0 Å². The topological polar surface area (TPSA) is 93.9 Å². The van der Waals surface area contributed by atoms with Crippen molar-refractivity contribution in [1.29, 1.82) is 0 Å². The molecule has 126 valence electrons. The molecule has 0 saturated carbocycles. The highest BCUT2D eigenvalue weighted by Crippen LogP contribution is 2.28. The maximum Gasteiger partial charge on any atom is 0.411 e. The van der Waals surface area contributed by atoms with Crippen molar-refractivity contribution in [3.63, 3.8) is 0 Å². The second-order valence-electron chi connectivity index (χ2n) is 5.63. The highest BCUT2D eigenvalue weighted by molar-refractivity contribution is 5.86. The number of likely N-dealkylation sites (N-methyl/N-ethyl adjacent to an activating group) is 1. The molecule has 1 atom stereocenters. The summed E-state index contributed by atoms with van der Waals surface area (Å²) in [6.07, 6.45) is 2.85. The summed E-state index contributed by atoms with van der Waals surface area (Å²) in [5.41, 5.74) is 0.913. The molecule has 1 fully saturated rings. The minimum Gasteiger partial charge on any atom is -0.453 e. The van der Waals surface area contributed by atoms with Crippen LogP contribution in [0.1, 0.15) is 19.3 Å². The van der Waals surface area contributed by atoms with Crippen LogP contribution in [0.5, 0.6) is 0 Å². The molecule has 1 aliphatic rings. The molecular weight excluding hydrogens is 300 g/mol. The second kappa shape index (κ2) is 7.77. The van der Waals surface area contributed by atoms with Gasteiger partial charge in [0, 0.05) is 18.7 Å². The number of likely N-dealkylation sites (tertiary alicyclic amines) is 1. The van der Waals surface area contributed by atoms with Crippen molar-refractivity contribution in [3.8, 4) is 0 Å². The molecule has 8 nitrogen and oxygen atoms in total. The first-order valence-electron chi connectivity index (χ1n) is 7.60. The average Bonchev–Trinajstić information content (AvgIpc) is 2.54. The van der Waals surface area contributed by atoms with Crippen LogP contribution in [0.25, 0.3) is 0 Å². The highest BCUT2D eigenvalue weighted by atomic mass is 16.6. The summed E-state index contributed by atoms with van der Waals surface area (Å²) in [6, 6.07) is 5.06. The molecule has 0 radical (unpaired) electrons. The standard InChI is InChI=1S/C15H22N4O4/c1-18-8-4-3-5-12(18)10-16-13-7-6-11(17-15(20)23-2)9-14(13)19(21)22/h6-7,9,12,16H,3-5,8,10H2,1-2H3,(H-,17,20,21,22)/p+1. The molecule has 8 heteroatoms. The van der Waals surface area contributed by atoms with Crippen LogP contribution in [-0.4, -0.2) is 54.4 Å². The summed E-state index contributed by atoms with van der Waals surface area (Å²) in [5, 5.41) is 14.9. The van der Waals surface area contributed by atoms with Crippen molar-refractivity contribution < 1.29 is 19.7 Å². The summed E-state index contributed by atoms with van der Waals surface area (Å²) in [7, 11) is 3.33. The Labute approximate surface area is 134 Å². The highest BCUT2D eigenvalue weighted by Gasteiger charge is 2.23. The number of rotatable bonds is 5. The first-order chi connectivity index (χ1) is 11.0. The molecule has 1 heterocycles. The molecule has 1 saturated heterocycles. The lowest BCUT2D eigenvalue weighted by Crippen LogP contribution is -2.40. The van der Waals surface area contributed by atoms with Gasteiger partial charge in [-0.3, -0.25) is 5.32 Å². The fraction of sp³-hybridized carbons (Fsp3) is 0.533. The van der Waals surface area contributed by atoms with E-state index in [-0.39, 0.29) is 10.6 Å². The van der Waals surface area contributed by atoms with E-state index in [0.717, 1.165) is 13.0 Å². The number of amides is 1. The molecule has 1 aromatic carbocycles. The lowest BCUT2D eigenvalue weighted by molar-refractivity contribution is -0.729. The monoisotopic (exact) mass is 323 g/mol. The zero-order valence-corrected chi connectivity index (χ0v) is 13.4. The molecule has 1 aliphatic heterocycles. The van der Waals surface area contributed by atoms with E-state index in [1.165, 1.54) is 26.0 Å². The molecule has 1 unspecified atom stereocenters. The molecule has 0 aromatic heterocycles. The van der Waals surface area contributed by atoms with Crippen LogP contribution in [-0.2, 0) is 4.74 Å². The van der Waals surface area contributed by atoms with E-state index in [9.17, 15) is 14.9 Å². The number of ether oxygens (including phenoxy) is 1. The first kappa shape index (κ1) is 17.0. The SMILES string of the molecule is COC(=O)Nc1ccc(NCC2CCCCN2C)c([N+](=O)O)c1. The van der Waals surface area contributed by atoms with Crippen LogP contribution < -0.4 is 10.6 Å². The van der Waals surface area contributed by atoms with Gasteiger partial charge in [-0.2, -0.15) is 0 Å². The molecule has 23 heavy (non-hydrogen) atoms. The predicted octanol–water partition coefficient (Wildman–Crippen LogP) is 2.56. The summed E-state index contributed by atoms with van der Waals surface area (Å²) in [5.74, 6) is 0. The lowest BCUT2D eigenvalue weighted by atomic mass is 10.0. The van der Waals surface area contributed by atoms with Crippen LogP contribution >= 0.6 is 0 Å². The molecule has 0 aliphatic carbocycles. The van der Waals surface area contributed by atoms with E-state index in [1.54, 1.807) is 12.1 Å². The molecule has 3 N–H and O–H groups in total. The Morgan fingerprint density at radius 3 is 2.91 bits per heavy atom. The van der Waals surface area contributed by atoms with Crippen molar-refractivity contribution in [1.82, 2.24) is 4.90 Å². The summed E-state index contributed by atoms with van der Waals surface area (Å²) < 4.78 is 4.50. The third kappa shape index (κ3) is 4.56. The Kier molecular flexibility index (Phi) is 5.75. The summed E-state index contributed by atoms with van der Waals surface area (Å²) in [6.45, 7) is 1.75. The minimum atomic E-state index is -0.643. The smallest absolute Gasteiger partial charge is 0.411 e. The third-order valence-electron chi connectivity index (χ3n) is 4.09. The zero-order chi connectivity index (χ0) is 16.8. The van der Waals surface area contributed by atoms with Gasteiger partial charge in [0.05, 0.1) is 17.7 Å². The van der Waals surface area contributed by atoms with Crippen LogP contribution in [0, 0.1) is 4.91 Å². The van der Waals surface area contributed by atoms with Crippen molar-refractivity contribution in [2.75, 3.05) is 37.9 Å². The lowest BCUT2D eigenvalue weighted by Gasteiger charge is -2.32. The fourth-order valence-corrected chi connectivity index (χ4v) is 2.72. The Bertz CT molecular complexity index is 579.